The largest absolute Gasteiger partial charge is 0.397 e. The first-order valence-corrected chi connectivity index (χ1v) is 6.94. The van der Waals surface area contributed by atoms with E-state index in [9.17, 15) is 4.79 Å². The van der Waals surface area contributed by atoms with Crippen molar-refractivity contribution in [3.8, 4) is 0 Å². The summed E-state index contributed by atoms with van der Waals surface area (Å²) >= 11 is 0. The van der Waals surface area contributed by atoms with Gasteiger partial charge in [0.15, 0.2) is 0 Å². The van der Waals surface area contributed by atoms with Gasteiger partial charge >= 0.3 is 0 Å². The van der Waals surface area contributed by atoms with Gasteiger partial charge in [0.25, 0.3) is 5.91 Å². The number of carbonyl (C=O) groups is 1. The average molecular weight is 265 g/mol. The molecule has 2 heterocycles. The summed E-state index contributed by atoms with van der Waals surface area (Å²) in [6, 6.07) is 1.73. The van der Waals surface area contributed by atoms with Crippen molar-refractivity contribution in [1.29, 1.82) is 0 Å². The molecule has 0 aromatic carbocycles. The highest BCUT2D eigenvalue weighted by Crippen LogP contribution is 2.18. The van der Waals surface area contributed by atoms with E-state index >= 15 is 0 Å². The van der Waals surface area contributed by atoms with Crippen molar-refractivity contribution in [3.63, 3.8) is 0 Å². The molecule has 2 N–H and O–H groups in total. The summed E-state index contributed by atoms with van der Waals surface area (Å²) in [5.41, 5.74) is 7.00. The monoisotopic (exact) mass is 265 g/mol. The van der Waals surface area contributed by atoms with Crippen LogP contribution in [0.15, 0.2) is 12.3 Å². The van der Waals surface area contributed by atoms with E-state index in [-0.39, 0.29) is 12.0 Å². The molecule has 1 unspecified atom stereocenters. The number of nitrogens with zero attached hydrogens (tertiary/aromatic N) is 2. The molecule has 0 bridgehead atoms. The normalized spacial score (nSPS) is 19.7. The second-order valence-corrected chi connectivity index (χ2v) is 5.16. The smallest absolute Gasteiger partial charge is 0.270 e. The van der Waals surface area contributed by atoms with Crippen LogP contribution in [0.25, 0.3) is 0 Å². The zero-order valence-electron chi connectivity index (χ0n) is 11.8. The number of aryl methyl sites for hydroxylation is 1. The van der Waals surface area contributed by atoms with Gasteiger partial charge < -0.3 is 19.9 Å². The molecule has 2 rings (SSSR count). The Balaban J connectivity index is 2.01. The molecule has 1 saturated heterocycles. The SMILES string of the molecule is CCCOC1CCCN(C(=O)c2cc(N)cn2C)C1. The molecule has 19 heavy (non-hydrogen) atoms. The van der Waals surface area contributed by atoms with E-state index in [1.54, 1.807) is 16.8 Å². The number of anilines is 1. The van der Waals surface area contributed by atoms with Crippen LogP contribution in [0.1, 0.15) is 36.7 Å². The summed E-state index contributed by atoms with van der Waals surface area (Å²) in [5, 5.41) is 0. The Kier molecular flexibility index (Phi) is 4.47. The minimum Gasteiger partial charge on any atom is -0.397 e. The average Bonchev–Trinajstić information content (AvgIpc) is 2.75. The highest BCUT2D eigenvalue weighted by Gasteiger charge is 2.26. The van der Waals surface area contributed by atoms with Crippen LogP contribution in [0.5, 0.6) is 0 Å². The third kappa shape index (κ3) is 3.29. The van der Waals surface area contributed by atoms with Crippen LogP contribution in [-0.4, -0.2) is 41.2 Å². The van der Waals surface area contributed by atoms with Crippen LogP contribution in [-0.2, 0) is 11.8 Å². The number of rotatable bonds is 4. The van der Waals surface area contributed by atoms with Crippen LogP contribution < -0.4 is 5.73 Å². The first-order valence-electron chi connectivity index (χ1n) is 6.94. The number of ether oxygens (including phenoxy) is 1. The van der Waals surface area contributed by atoms with Crippen LogP contribution in [0.4, 0.5) is 5.69 Å². The predicted octanol–water partition coefficient (Wildman–Crippen LogP) is 1.64. The number of piperidine rings is 1. The zero-order valence-corrected chi connectivity index (χ0v) is 11.8. The Hall–Kier alpha value is -1.49. The second kappa shape index (κ2) is 6.10. The summed E-state index contributed by atoms with van der Waals surface area (Å²) in [6.07, 6.45) is 5.00. The van der Waals surface area contributed by atoms with E-state index in [0.717, 1.165) is 32.4 Å². The van der Waals surface area contributed by atoms with Crippen molar-refractivity contribution >= 4 is 11.6 Å². The molecule has 1 aliphatic rings. The molecule has 5 heteroatoms. The van der Waals surface area contributed by atoms with Crippen molar-refractivity contribution in [3.05, 3.63) is 18.0 Å². The summed E-state index contributed by atoms with van der Waals surface area (Å²) < 4.78 is 7.54. The molecule has 5 nitrogen and oxygen atoms in total. The molecule has 1 amide bonds. The molecule has 1 fully saturated rings. The van der Waals surface area contributed by atoms with Crippen molar-refractivity contribution in [2.24, 2.45) is 7.05 Å². The fourth-order valence-corrected chi connectivity index (χ4v) is 2.51. The topological polar surface area (TPSA) is 60.5 Å². The standard InChI is InChI=1S/C14H23N3O2/c1-3-7-19-12-5-4-6-17(10-12)14(18)13-8-11(15)9-16(13)2/h8-9,12H,3-7,10,15H2,1-2H3. The van der Waals surface area contributed by atoms with Crippen LogP contribution >= 0.6 is 0 Å². The number of hydrogen-bond acceptors (Lipinski definition) is 3. The van der Waals surface area contributed by atoms with E-state index in [0.29, 0.717) is 17.9 Å². The van der Waals surface area contributed by atoms with Gasteiger partial charge in [0.2, 0.25) is 0 Å². The molecule has 0 saturated carbocycles. The Morgan fingerprint density at radius 1 is 1.58 bits per heavy atom. The van der Waals surface area contributed by atoms with Gasteiger partial charge in [-0.25, -0.2) is 0 Å². The van der Waals surface area contributed by atoms with Gasteiger partial charge in [-0.1, -0.05) is 6.92 Å². The lowest BCUT2D eigenvalue weighted by atomic mass is 10.1. The molecule has 0 spiro atoms. The molecule has 1 atom stereocenters. The van der Waals surface area contributed by atoms with Crippen molar-refractivity contribution < 1.29 is 9.53 Å². The van der Waals surface area contributed by atoms with E-state index < -0.39 is 0 Å². The van der Waals surface area contributed by atoms with Gasteiger partial charge in [0.05, 0.1) is 11.8 Å². The van der Waals surface area contributed by atoms with Crippen molar-refractivity contribution in [2.75, 3.05) is 25.4 Å². The number of nitrogens with two attached hydrogens (primary N) is 1. The third-order valence-corrected chi connectivity index (χ3v) is 3.47. The highest BCUT2D eigenvalue weighted by molar-refractivity contribution is 5.93. The molecular formula is C14H23N3O2. The highest BCUT2D eigenvalue weighted by atomic mass is 16.5. The van der Waals surface area contributed by atoms with Crippen molar-refractivity contribution in [2.45, 2.75) is 32.3 Å². The van der Waals surface area contributed by atoms with Gasteiger partial charge in [0.1, 0.15) is 5.69 Å². The van der Waals surface area contributed by atoms with Gasteiger partial charge in [-0.3, -0.25) is 4.79 Å². The zero-order chi connectivity index (χ0) is 13.8. The molecule has 106 valence electrons. The molecule has 1 aromatic rings. The fraction of sp³-hybridized carbons (Fsp3) is 0.643. The van der Waals surface area contributed by atoms with Gasteiger partial charge in [-0.15, -0.1) is 0 Å². The van der Waals surface area contributed by atoms with Gasteiger partial charge in [0, 0.05) is 32.9 Å². The maximum Gasteiger partial charge on any atom is 0.270 e. The van der Waals surface area contributed by atoms with Crippen LogP contribution in [0.2, 0.25) is 0 Å². The Morgan fingerprint density at radius 3 is 3.00 bits per heavy atom. The molecule has 0 aliphatic carbocycles. The van der Waals surface area contributed by atoms with E-state index in [4.69, 9.17) is 10.5 Å². The number of nitrogen functional groups attached to an aromatic ring is 1. The Morgan fingerprint density at radius 2 is 2.37 bits per heavy atom. The summed E-state index contributed by atoms with van der Waals surface area (Å²) in [4.78, 5) is 14.3. The summed E-state index contributed by atoms with van der Waals surface area (Å²) in [5.74, 6) is 0.0454. The molecule has 1 aliphatic heterocycles. The lowest BCUT2D eigenvalue weighted by molar-refractivity contribution is 0.00181. The van der Waals surface area contributed by atoms with Crippen molar-refractivity contribution in [1.82, 2.24) is 9.47 Å². The Labute approximate surface area is 114 Å². The maximum absolute atomic E-state index is 12.4. The lowest BCUT2D eigenvalue weighted by Gasteiger charge is -2.32. The molecule has 1 aromatic heterocycles. The molecular weight excluding hydrogens is 242 g/mol. The lowest BCUT2D eigenvalue weighted by Crippen LogP contribution is -2.43. The van der Waals surface area contributed by atoms with E-state index in [1.165, 1.54) is 0 Å². The van der Waals surface area contributed by atoms with Gasteiger partial charge in [-0.2, -0.15) is 0 Å². The Bertz CT molecular complexity index is 442. The minimum absolute atomic E-state index is 0.0454. The first kappa shape index (κ1) is 13.9. The fourth-order valence-electron chi connectivity index (χ4n) is 2.51. The summed E-state index contributed by atoms with van der Waals surface area (Å²) in [7, 11) is 1.85. The quantitative estimate of drug-likeness (QED) is 0.900. The van der Waals surface area contributed by atoms with Crippen LogP contribution in [0, 0.1) is 0 Å². The van der Waals surface area contributed by atoms with Crippen LogP contribution in [0.3, 0.4) is 0 Å². The minimum atomic E-state index is 0.0454. The number of likely N-dealkylation sites (tertiary alicyclic amines) is 1. The number of hydrogen-bond donors (Lipinski definition) is 1. The molecule has 0 radical (unpaired) electrons. The summed E-state index contributed by atoms with van der Waals surface area (Å²) in [6.45, 7) is 4.35. The maximum atomic E-state index is 12.4. The predicted molar refractivity (Wildman–Crippen MR) is 75.0 cm³/mol. The first-order chi connectivity index (χ1) is 9.11. The van der Waals surface area contributed by atoms with Gasteiger partial charge in [-0.05, 0) is 25.3 Å². The number of aromatic nitrogens is 1. The third-order valence-electron chi connectivity index (χ3n) is 3.47. The van der Waals surface area contributed by atoms with E-state index in [2.05, 4.69) is 6.92 Å². The van der Waals surface area contributed by atoms with E-state index in [1.807, 2.05) is 11.9 Å². The number of carbonyl (C=O) groups excluding carboxylic acids is 1. The second-order valence-electron chi connectivity index (χ2n) is 5.16. The number of amides is 1.